The van der Waals surface area contributed by atoms with Gasteiger partial charge in [0.1, 0.15) is 16.8 Å². The fraction of sp³-hybridized carbons (Fsp3) is 0.412. The molecule has 0 saturated carbocycles. The molecule has 0 spiro atoms. The minimum atomic E-state index is -0.436. The maximum atomic E-state index is 10.9. The first-order chi connectivity index (χ1) is 23.7. The number of fused-ring (bicyclic) bond motifs is 2. The van der Waals surface area contributed by atoms with E-state index in [0.717, 1.165) is 69.7 Å². The molecule has 2 aromatic heterocycles. The number of nitro benzene ring substituents is 2. The maximum absolute atomic E-state index is 10.9. The van der Waals surface area contributed by atoms with Crippen LogP contribution in [0.25, 0.3) is 22.2 Å². The Bertz CT molecular complexity index is 1910. The Kier molecular flexibility index (Phi) is 10.5. The molecule has 258 valence electrons. The van der Waals surface area contributed by atoms with Crippen molar-refractivity contribution in [1.29, 1.82) is 0 Å². The number of non-ortho nitro benzene ring substituents is 2. The quantitative estimate of drug-likeness (QED) is 0.109. The number of hydrogen-bond acceptors (Lipinski definition) is 13. The SMILES string of the molecule is CCOc1cc(CN2CCC(Nc3nc4cc([N+](=O)[O-])ccc4o3)CC2)ccc1C.O=[N+]([O-])c1ccc2oc(NC3CCNCC3)nc2c1. The minimum Gasteiger partial charge on any atom is -0.494 e. The molecule has 49 heavy (non-hydrogen) atoms. The number of nitrogens with zero attached hydrogens (tertiary/aromatic N) is 5. The van der Waals surface area contributed by atoms with Crippen LogP contribution >= 0.6 is 0 Å². The number of anilines is 2. The van der Waals surface area contributed by atoms with Crippen molar-refractivity contribution < 1.29 is 23.4 Å². The lowest BCUT2D eigenvalue weighted by Gasteiger charge is -2.32. The van der Waals surface area contributed by atoms with Crippen LogP contribution in [0.1, 0.15) is 43.7 Å². The van der Waals surface area contributed by atoms with E-state index in [9.17, 15) is 20.2 Å². The van der Waals surface area contributed by atoms with Crippen molar-refractivity contribution in [1.82, 2.24) is 20.2 Å². The monoisotopic (exact) mass is 672 g/mol. The number of oxazole rings is 2. The van der Waals surface area contributed by atoms with Crippen LogP contribution in [-0.2, 0) is 6.54 Å². The predicted octanol–water partition coefficient (Wildman–Crippen LogP) is 6.42. The summed E-state index contributed by atoms with van der Waals surface area (Å²) in [6.45, 7) is 9.54. The molecule has 3 aromatic carbocycles. The van der Waals surface area contributed by atoms with Gasteiger partial charge in [0.25, 0.3) is 23.4 Å². The third kappa shape index (κ3) is 8.61. The van der Waals surface area contributed by atoms with Crippen molar-refractivity contribution in [3.63, 3.8) is 0 Å². The summed E-state index contributed by atoms with van der Waals surface area (Å²) < 4.78 is 17.0. The molecule has 0 bridgehead atoms. The zero-order chi connectivity index (χ0) is 34.3. The van der Waals surface area contributed by atoms with Gasteiger partial charge in [0.2, 0.25) is 0 Å². The van der Waals surface area contributed by atoms with E-state index in [1.54, 1.807) is 12.1 Å². The fourth-order valence-electron chi connectivity index (χ4n) is 6.05. The molecule has 0 atom stereocenters. The van der Waals surface area contributed by atoms with Gasteiger partial charge in [-0.05, 0) is 81.9 Å². The number of nitro groups is 2. The molecule has 3 N–H and O–H groups in total. The van der Waals surface area contributed by atoms with Crippen LogP contribution in [0.5, 0.6) is 5.75 Å². The van der Waals surface area contributed by atoms with E-state index in [1.165, 1.54) is 29.8 Å². The average molecular weight is 673 g/mol. The lowest BCUT2D eigenvalue weighted by molar-refractivity contribution is -0.384. The number of hydrogen-bond donors (Lipinski definition) is 3. The zero-order valence-electron chi connectivity index (χ0n) is 27.5. The third-order valence-electron chi connectivity index (χ3n) is 8.70. The second-order valence-corrected chi connectivity index (χ2v) is 12.3. The smallest absolute Gasteiger partial charge is 0.295 e. The molecule has 15 nitrogen and oxygen atoms in total. The number of piperidine rings is 2. The molecule has 0 unspecified atom stereocenters. The van der Waals surface area contributed by atoms with Gasteiger partial charge in [0.05, 0.1) is 16.5 Å². The summed E-state index contributed by atoms with van der Waals surface area (Å²) in [4.78, 5) is 31.8. The molecular formula is C34H40N8O7. The zero-order valence-corrected chi connectivity index (χ0v) is 27.5. The van der Waals surface area contributed by atoms with Crippen molar-refractivity contribution >= 4 is 45.6 Å². The highest BCUT2D eigenvalue weighted by Gasteiger charge is 2.22. The number of aromatic nitrogens is 2. The van der Waals surface area contributed by atoms with E-state index in [4.69, 9.17) is 13.6 Å². The lowest BCUT2D eigenvalue weighted by atomic mass is 10.0. The molecule has 2 saturated heterocycles. The van der Waals surface area contributed by atoms with E-state index in [2.05, 4.69) is 55.9 Å². The second-order valence-electron chi connectivity index (χ2n) is 12.3. The second kappa shape index (κ2) is 15.3. The number of aryl methyl sites for hydroxylation is 1. The van der Waals surface area contributed by atoms with E-state index in [0.29, 0.717) is 46.9 Å². The number of nitrogens with one attached hydrogen (secondary N) is 3. The Balaban J connectivity index is 0.000000188. The van der Waals surface area contributed by atoms with Gasteiger partial charge in [-0.15, -0.1) is 0 Å². The Labute approximate surface area is 282 Å². The Hall–Kier alpha value is -5.28. The molecule has 4 heterocycles. The molecule has 0 radical (unpaired) electrons. The van der Waals surface area contributed by atoms with Gasteiger partial charge in [-0.3, -0.25) is 25.1 Å². The number of ether oxygens (including phenoxy) is 1. The number of benzene rings is 3. The van der Waals surface area contributed by atoms with Gasteiger partial charge in [0, 0.05) is 56.0 Å². The standard InChI is InChI=1S/C22H26N4O4.C12H14N4O3/c1-3-29-21-12-16(5-4-15(21)2)14-25-10-8-17(9-11-25)23-22-24-19-13-18(26(27)28)6-7-20(19)30-22;17-16(18)9-1-2-11-10(7-9)15-12(19-11)14-8-3-5-13-6-4-8/h4-7,12-13,17H,3,8-11,14H2,1-2H3,(H,23,24);1-2,7-8,13H,3-6H2,(H,14,15). The van der Waals surface area contributed by atoms with Gasteiger partial charge < -0.3 is 29.5 Å². The number of rotatable bonds is 10. The van der Waals surface area contributed by atoms with E-state index in [-0.39, 0.29) is 17.4 Å². The Morgan fingerprint density at radius 2 is 1.39 bits per heavy atom. The molecule has 2 fully saturated rings. The third-order valence-corrected chi connectivity index (χ3v) is 8.70. The average Bonchev–Trinajstić information content (AvgIpc) is 3.70. The molecule has 7 rings (SSSR count). The van der Waals surface area contributed by atoms with Crippen LogP contribution in [0, 0.1) is 27.2 Å². The molecule has 15 heteroatoms. The van der Waals surface area contributed by atoms with E-state index in [1.807, 2.05) is 6.92 Å². The van der Waals surface area contributed by atoms with Gasteiger partial charge in [-0.1, -0.05) is 12.1 Å². The molecule has 2 aliphatic heterocycles. The maximum Gasteiger partial charge on any atom is 0.295 e. The largest absolute Gasteiger partial charge is 0.494 e. The van der Waals surface area contributed by atoms with Crippen LogP contribution < -0.4 is 20.7 Å². The van der Waals surface area contributed by atoms with E-state index < -0.39 is 9.85 Å². The summed E-state index contributed by atoms with van der Waals surface area (Å²) in [5.41, 5.74) is 4.56. The van der Waals surface area contributed by atoms with Crippen molar-refractivity contribution in [3.8, 4) is 5.75 Å². The predicted molar refractivity (Wildman–Crippen MR) is 185 cm³/mol. The van der Waals surface area contributed by atoms with Crippen LogP contribution in [0.4, 0.5) is 23.4 Å². The van der Waals surface area contributed by atoms with E-state index >= 15 is 0 Å². The fourth-order valence-corrected chi connectivity index (χ4v) is 6.05. The summed E-state index contributed by atoms with van der Waals surface area (Å²) >= 11 is 0. The van der Waals surface area contributed by atoms with Gasteiger partial charge in [-0.25, -0.2) is 0 Å². The summed E-state index contributed by atoms with van der Waals surface area (Å²) in [6, 6.07) is 16.8. The highest BCUT2D eigenvalue weighted by Crippen LogP contribution is 2.27. The molecule has 0 amide bonds. The molecule has 2 aliphatic rings. The van der Waals surface area contributed by atoms with Gasteiger partial charge >= 0.3 is 0 Å². The summed E-state index contributed by atoms with van der Waals surface area (Å²) in [5.74, 6) is 0.961. The first kappa shape index (κ1) is 33.6. The Morgan fingerprint density at radius 1 is 0.837 bits per heavy atom. The van der Waals surface area contributed by atoms with Crippen molar-refractivity contribution in [2.24, 2.45) is 0 Å². The molecular weight excluding hydrogens is 632 g/mol. The minimum absolute atomic E-state index is 0.0132. The van der Waals surface area contributed by atoms with Crippen molar-refractivity contribution in [2.45, 2.75) is 58.2 Å². The highest BCUT2D eigenvalue weighted by atomic mass is 16.6. The summed E-state index contributed by atoms with van der Waals surface area (Å²) in [7, 11) is 0. The van der Waals surface area contributed by atoms with Gasteiger partial charge in [-0.2, -0.15) is 9.97 Å². The molecule has 5 aromatic rings. The summed E-state index contributed by atoms with van der Waals surface area (Å²) in [6.07, 6.45) is 3.98. The first-order valence-electron chi connectivity index (χ1n) is 16.5. The van der Waals surface area contributed by atoms with Crippen LogP contribution in [0.2, 0.25) is 0 Å². The van der Waals surface area contributed by atoms with Crippen molar-refractivity contribution in [2.75, 3.05) is 43.4 Å². The Morgan fingerprint density at radius 3 is 1.92 bits per heavy atom. The number of likely N-dealkylation sites (tertiary alicyclic amines) is 1. The van der Waals surface area contributed by atoms with Crippen LogP contribution in [0.15, 0.2) is 63.4 Å². The molecule has 0 aliphatic carbocycles. The van der Waals surface area contributed by atoms with Crippen molar-refractivity contribution in [3.05, 3.63) is 86.0 Å². The normalized spacial score (nSPS) is 15.9. The summed E-state index contributed by atoms with van der Waals surface area (Å²) in [5, 5.41) is 31.5. The van der Waals surface area contributed by atoms with Gasteiger partial charge in [0.15, 0.2) is 11.2 Å². The highest BCUT2D eigenvalue weighted by molar-refractivity contribution is 5.78. The first-order valence-corrected chi connectivity index (χ1v) is 16.5. The lowest BCUT2D eigenvalue weighted by Crippen LogP contribution is -2.38. The topological polar surface area (TPSA) is 187 Å². The van der Waals surface area contributed by atoms with Crippen LogP contribution in [0.3, 0.4) is 0 Å². The van der Waals surface area contributed by atoms with Crippen LogP contribution in [-0.4, -0.2) is 69.6 Å².